The molecule has 1 aliphatic rings. The van der Waals surface area contributed by atoms with Crippen LogP contribution in [0.15, 0.2) is 29.2 Å². The van der Waals surface area contributed by atoms with E-state index in [1.807, 2.05) is 0 Å². The standard InChI is InChI=1S/C12H14F3NO4S/c13-12(14,15)20-9-4-1-2-5-10(9)21(18,19)16-11(8-17)6-3-7-11/h1-2,4-5,16-17H,3,6-8H2. The van der Waals surface area contributed by atoms with Crippen molar-refractivity contribution < 1.29 is 31.4 Å². The van der Waals surface area contributed by atoms with E-state index in [2.05, 4.69) is 9.46 Å². The van der Waals surface area contributed by atoms with E-state index in [-0.39, 0.29) is 0 Å². The number of aliphatic hydroxyl groups is 1. The summed E-state index contributed by atoms with van der Waals surface area (Å²) in [5.74, 6) is -0.801. The van der Waals surface area contributed by atoms with Crippen molar-refractivity contribution in [1.82, 2.24) is 4.72 Å². The van der Waals surface area contributed by atoms with E-state index in [1.165, 1.54) is 12.1 Å². The molecule has 2 rings (SSSR count). The highest BCUT2D eigenvalue weighted by Gasteiger charge is 2.41. The van der Waals surface area contributed by atoms with Crippen molar-refractivity contribution >= 4 is 10.0 Å². The maximum Gasteiger partial charge on any atom is 0.573 e. The Balaban J connectivity index is 2.32. The molecule has 0 aromatic heterocycles. The van der Waals surface area contributed by atoms with Crippen LogP contribution in [0.5, 0.6) is 5.75 Å². The van der Waals surface area contributed by atoms with Crippen molar-refractivity contribution in [2.45, 2.75) is 36.1 Å². The van der Waals surface area contributed by atoms with Gasteiger partial charge >= 0.3 is 6.36 Å². The van der Waals surface area contributed by atoms with Crippen LogP contribution in [0.2, 0.25) is 0 Å². The summed E-state index contributed by atoms with van der Waals surface area (Å²) < 4.78 is 67.4. The first-order chi connectivity index (χ1) is 9.68. The van der Waals surface area contributed by atoms with Gasteiger partial charge in [0.2, 0.25) is 10.0 Å². The Morgan fingerprint density at radius 1 is 1.29 bits per heavy atom. The molecule has 0 aliphatic heterocycles. The minimum Gasteiger partial charge on any atom is -0.404 e. The van der Waals surface area contributed by atoms with E-state index in [0.717, 1.165) is 18.6 Å². The fourth-order valence-corrected chi connectivity index (χ4v) is 3.70. The summed E-state index contributed by atoms with van der Waals surface area (Å²) in [5, 5.41) is 9.26. The number of rotatable bonds is 5. The molecule has 118 valence electrons. The highest BCUT2D eigenvalue weighted by atomic mass is 32.2. The molecule has 0 bridgehead atoms. The van der Waals surface area contributed by atoms with Crippen LogP contribution in [0.3, 0.4) is 0 Å². The SMILES string of the molecule is O=S(=O)(NC1(CO)CCC1)c1ccccc1OC(F)(F)F. The number of nitrogens with one attached hydrogen (secondary N) is 1. The average Bonchev–Trinajstić information content (AvgIpc) is 2.32. The Labute approximate surface area is 119 Å². The Morgan fingerprint density at radius 2 is 1.90 bits per heavy atom. The summed E-state index contributed by atoms with van der Waals surface area (Å²) in [6.07, 6.45) is -3.38. The molecule has 0 heterocycles. The number of benzene rings is 1. The third-order valence-electron chi connectivity index (χ3n) is 3.33. The highest BCUT2D eigenvalue weighted by molar-refractivity contribution is 7.89. The van der Waals surface area contributed by atoms with Gasteiger partial charge in [0.25, 0.3) is 0 Å². The quantitative estimate of drug-likeness (QED) is 0.865. The molecule has 9 heteroatoms. The third kappa shape index (κ3) is 3.66. The number of hydrogen-bond acceptors (Lipinski definition) is 4. The van der Waals surface area contributed by atoms with Gasteiger partial charge in [-0.2, -0.15) is 0 Å². The number of halogens is 3. The summed E-state index contributed by atoms with van der Waals surface area (Å²) >= 11 is 0. The van der Waals surface area contributed by atoms with Gasteiger partial charge in [0.05, 0.1) is 12.1 Å². The molecule has 0 spiro atoms. The van der Waals surface area contributed by atoms with Crippen molar-refractivity contribution in [1.29, 1.82) is 0 Å². The van der Waals surface area contributed by atoms with Gasteiger partial charge in [0.1, 0.15) is 10.6 Å². The lowest BCUT2D eigenvalue weighted by molar-refractivity contribution is -0.275. The topological polar surface area (TPSA) is 75.6 Å². The number of alkyl halides is 3. The van der Waals surface area contributed by atoms with E-state index >= 15 is 0 Å². The van der Waals surface area contributed by atoms with Gasteiger partial charge in [0.15, 0.2) is 0 Å². The maximum absolute atomic E-state index is 12.3. The van der Waals surface area contributed by atoms with Crippen LogP contribution in [0, 0.1) is 0 Å². The average molecular weight is 325 g/mol. The molecule has 2 N–H and O–H groups in total. The second-order valence-corrected chi connectivity index (χ2v) is 6.54. The number of aliphatic hydroxyl groups excluding tert-OH is 1. The normalized spacial score (nSPS) is 18.1. The van der Waals surface area contributed by atoms with Crippen molar-refractivity contribution in [3.05, 3.63) is 24.3 Å². The Hall–Kier alpha value is -1.32. The molecular weight excluding hydrogens is 311 g/mol. The van der Waals surface area contributed by atoms with Gasteiger partial charge in [-0.1, -0.05) is 12.1 Å². The van der Waals surface area contributed by atoms with Crippen molar-refractivity contribution in [3.8, 4) is 5.75 Å². The van der Waals surface area contributed by atoms with Gasteiger partial charge in [-0.3, -0.25) is 0 Å². The van der Waals surface area contributed by atoms with Crippen molar-refractivity contribution in [3.63, 3.8) is 0 Å². The van der Waals surface area contributed by atoms with E-state index in [4.69, 9.17) is 0 Å². The highest BCUT2D eigenvalue weighted by Crippen LogP contribution is 2.35. The molecule has 0 saturated heterocycles. The summed E-state index contributed by atoms with van der Waals surface area (Å²) in [7, 11) is -4.23. The Kier molecular flexibility index (Phi) is 4.18. The third-order valence-corrected chi connectivity index (χ3v) is 4.95. The van der Waals surface area contributed by atoms with Crippen LogP contribution >= 0.6 is 0 Å². The molecule has 0 radical (unpaired) electrons. The lowest BCUT2D eigenvalue weighted by atomic mass is 9.78. The lowest BCUT2D eigenvalue weighted by Crippen LogP contribution is -2.56. The van der Waals surface area contributed by atoms with Gasteiger partial charge < -0.3 is 9.84 Å². The molecule has 0 atom stereocenters. The number of hydrogen-bond donors (Lipinski definition) is 2. The summed E-state index contributed by atoms with van der Waals surface area (Å²) in [4.78, 5) is -0.609. The zero-order chi connectivity index (χ0) is 15.7. The van der Waals surface area contributed by atoms with Crippen LogP contribution in [0.25, 0.3) is 0 Å². The van der Waals surface area contributed by atoms with E-state index in [1.54, 1.807) is 0 Å². The zero-order valence-electron chi connectivity index (χ0n) is 10.9. The van der Waals surface area contributed by atoms with Crippen molar-refractivity contribution in [2.24, 2.45) is 0 Å². The van der Waals surface area contributed by atoms with Crippen molar-refractivity contribution in [2.75, 3.05) is 6.61 Å². The molecule has 1 aliphatic carbocycles. The van der Waals surface area contributed by atoms with Crippen LogP contribution in [-0.2, 0) is 10.0 Å². The largest absolute Gasteiger partial charge is 0.573 e. The fraction of sp³-hybridized carbons (Fsp3) is 0.500. The molecule has 0 unspecified atom stereocenters. The first-order valence-electron chi connectivity index (χ1n) is 6.17. The molecule has 1 saturated carbocycles. The smallest absolute Gasteiger partial charge is 0.404 e. The molecule has 1 fully saturated rings. The van der Waals surface area contributed by atoms with Crippen LogP contribution in [0.1, 0.15) is 19.3 Å². The minimum absolute atomic E-state index is 0.408. The van der Waals surface area contributed by atoms with E-state index in [9.17, 15) is 26.7 Å². The Morgan fingerprint density at radius 3 is 2.38 bits per heavy atom. The Bertz CT molecular complexity index is 606. The molecule has 1 aromatic carbocycles. The molecular formula is C12H14F3NO4S. The summed E-state index contributed by atoms with van der Waals surface area (Å²) in [5.41, 5.74) is -0.996. The van der Waals surface area contributed by atoms with Crippen LogP contribution in [-0.4, -0.2) is 32.0 Å². The fourth-order valence-electron chi connectivity index (χ4n) is 2.12. The maximum atomic E-state index is 12.3. The molecule has 21 heavy (non-hydrogen) atoms. The van der Waals surface area contributed by atoms with E-state index < -0.39 is 39.2 Å². The van der Waals surface area contributed by atoms with Crippen LogP contribution < -0.4 is 9.46 Å². The number of para-hydroxylation sites is 1. The number of ether oxygens (including phenoxy) is 1. The zero-order valence-corrected chi connectivity index (χ0v) is 11.7. The van der Waals surface area contributed by atoms with Gasteiger partial charge in [-0.05, 0) is 31.4 Å². The monoisotopic (exact) mass is 325 g/mol. The first kappa shape index (κ1) is 16.1. The van der Waals surface area contributed by atoms with Crippen LogP contribution in [0.4, 0.5) is 13.2 Å². The predicted molar refractivity (Wildman–Crippen MR) is 67.1 cm³/mol. The molecule has 1 aromatic rings. The second kappa shape index (κ2) is 5.47. The second-order valence-electron chi connectivity index (χ2n) is 4.89. The lowest BCUT2D eigenvalue weighted by Gasteiger charge is -2.40. The van der Waals surface area contributed by atoms with Gasteiger partial charge in [0, 0.05) is 0 Å². The summed E-state index contributed by atoms with van der Waals surface area (Å²) in [6.45, 7) is -0.408. The summed E-state index contributed by atoms with van der Waals surface area (Å²) in [6, 6.07) is 4.48. The molecule has 0 amide bonds. The van der Waals surface area contributed by atoms with E-state index in [0.29, 0.717) is 12.8 Å². The molecule has 5 nitrogen and oxygen atoms in total. The van der Waals surface area contributed by atoms with Gasteiger partial charge in [-0.25, -0.2) is 13.1 Å². The predicted octanol–water partition coefficient (Wildman–Crippen LogP) is 1.78. The first-order valence-corrected chi connectivity index (χ1v) is 7.65. The van der Waals surface area contributed by atoms with Gasteiger partial charge in [-0.15, -0.1) is 13.2 Å². The minimum atomic E-state index is -4.99. The number of sulfonamides is 1.